The van der Waals surface area contributed by atoms with Gasteiger partial charge in [-0.2, -0.15) is 5.26 Å². The van der Waals surface area contributed by atoms with Gasteiger partial charge in [-0.15, -0.1) is 0 Å². The maximum Gasteiger partial charge on any atom is 0.226 e. The highest BCUT2D eigenvalue weighted by Crippen LogP contribution is 2.40. The molecule has 2 aliphatic rings. The minimum Gasteiger partial charge on any atom is -0.378 e. The van der Waals surface area contributed by atoms with E-state index >= 15 is 0 Å². The Morgan fingerprint density at radius 2 is 1.93 bits per heavy atom. The fraction of sp³-hybridized carbons (Fsp3) is 0.550. The van der Waals surface area contributed by atoms with Crippen molar-refractivity contribution in [1.82, 2.24) is 10.2 Å². The Balaban J connectivity index is 1.89. The molecule has 1 saturated carbocycles. The zero-order valence-electron chi connectivity index (χ0n) is 16.6. The second-order valence-corrected chi connectivity index (χ2v) is 10.2. The number of hydrogen-bond acceptors (Lipinski definition) is 6. The van der Waals surface area contributed by atoms with Crippen molar-refractivity contribution in [2.24, 2.45) is 11.8 Å². The number of morpholine rings is 1. The molecule has 1 aliphatic heterocycles. The normalized spacial score (nSPS) is 24.3. The van der Waals surface area contributed by atoms with Gasteiger partial charge in [-0.1, -0.05) is 11.6 Å². The van der Waals surface area contributed by atoms with Gasteiger partial charge in [0, 0.05) is 18.1 Å². The summed E-state index contributed by atoms with van der Waals surface area (Å²) in [6.07, 6.45) is 0.0909. The average molecular weight is 454 g/mol. The summed E-state index contributed by atoms with van der Waals surface area (Å²) >= 11 is 5.96. The minimum absolute atomic E-state index is 0.0302. The zero-order chi connectivity index (χ0) is 21.9. The van der Waals surface area contributed by atoms with Crippen molar-refractivity contribution >= 4 is 33.3 Å². The number of aryl methyl sites for hydroxylation is 1. The van der Waals surface area contributed by atoms with Crippen molar-refractivity contribution in [3.63, 3.8) is 0 Å². The Morgan fingerprint density at radius 1 is 1.27 bits per heavy atom. The monoisotopic (exact) mass is 453 g/mol. The lowest BCUT2D eigenvalue weighted by Gasteiger charge is -2.30. The number of benzene rings is 1. The number of rotatable bonds is 5. The first-order chi connectivity index (χ1) is 14.3. The molecule has 1 aromatic rings. The van der Waals surface area contributed by atoms with Crippen molar-refractivity contribution in [2.75, 3.05) is 32.8 Å². The van der Waals surface area contributed by atoms with E-state index in [0.29, 0.717) is 36.9 Å². The van der Waals surface area contributed by atoms with Gasteiger partial charge in [0.1, 0.15) is 6.54 Å². The predicted molar refractivity (Wildman–Crippen MR) is 109 cm³/mol. The number of carbonyl (C=O) groups is 2. The Bertz CT molecular complexity index is 969. The molecule has 3 atom stereocenters. The van der Waals surface area contributed by atoms with Gasteiger partial charge in [-0.25, -0.2) is 8.42 Å². The van der Waals surface area contributed by atoms with Crippen molar-refractivity contribution in [3.05, 3.63) is 28.8 Å². The molecule has 2 amide bonds. The Morgan fingerprint density at radius 3 is 2.57 bits per heavy atom. The molecule has 1 N–H and O–H groups in total. The molecule has 1 aromatic carbocycles. The fourth-order valence-electron chi connectivity index (χ4n) is 4.19. The summed E-state index contributed by atoms with van der Waals surface area (Å²) in [7, 11) is -3.77. The van der Waals surface area contributed by atoms with Crippen molar-refractivity contribution in [2.45, 2.75) is 29.9 Å². The van der Waals surface area contributed by atoms with Crippen LogP contribution in [0.3, 0.4) is 0 Å². The number of nitrogens with one attached hydrogen (secondary N) is 1. The van der Waals surface area contributed by atoms with Crippen LogP contribution >= 0.6 is 11.6 Å². The lowest BCUT2D eigenvalue weighted by atomic mass is 9.93. The highest BCUT2D eigenvalue weighted by molar-refractivity contribution is 7.92. The van der Waals surface area contributed by atoms with Gasteiger partial charge in [-0.05, 0) is 43.5 Å². The van der Waals surface area contributed by atoms with E-state index in [0.717, 1.165) is 0 Å². The number of halogens is 1. The highest BCUT2D eigenvalue weighted by atomic mass is 35.5. The van der Waals surface area contributed by atoms with E-state index in [4.69, 9.17) is 21.6 Å². The first kappa shape index (κ1) is 22.5. The second kappa shape index (κ2) is 9.33. The smallest absolute Gasteiger partial charge is 0.226 e. The number of hydrogen-bond donors (Lipinski definition) is 1. The molecule has 1 saturated heterocycles. The summed E-state index contributed by atoms with van der Waals surface area (Å²) in [6, 6.07) is 6.40. The molecular formula is C20H24ClN3O5S. The van der Waals surface area contributed by atoms with Crippen LogP contribution in [0.2, 0.25) is 5.02 Å². The second-order valence-electron chi connectivity index (χ2n) is 7.57. The number of ether oxygens (including phenoxy) is 1. The van der Waals surface area contributed by atoms with Gasteiger partial charge < -0.3 is 15.0 Å². The Kier molecular flexibility index (Phi) is 7.01. The molecule has 0 spiro atoms. The maximum atomic E-state index is 13.3. The van der Waals surface area contributed by atoms with Crippen LogP contribution in [-0.2, 0) is 24.2 Å². The van der Waals surface area contributed by atoms with E-state index in [1.807, 2.05) is 6.07 Å². The Hall–Kier alpha value is -2.15. The first-order valence-electron chi connectivity index (χ1n) is 9.77. The lowest BCUT2D eigenvalue weighted by Crippen LogP contribution is -2.46. The number of carbonyl (C=O) groups excluding carboxylic acids is 2. The van der Waals surface area contributed by atoms with Crippen LogP contribution in [0.15, 0.2) is 23.1 Å². The molecule has 0 unspecified atom stereocenters. The molecule has 0 bridgehead atoms. The molecule has 3 rings (SSSR count). The van der Waals surface area contributed by atoms with E-state index in [9.17, 15) is 18.0 Å². The maximum absolute atomic E-state index is 13.3. The summed E-state index contributed by atoms with van der Waals surface area (Å²) in [4.78, 5) is 27.6. The molecule has 1 heterocycles. The first-order valence-corrected chi connectivity index (χ1v) is 11.7. The SMILES string of the molecule is Cc1cc(Cl)ccc1S(=O)(=O)[C@@H]1C[C@@H](C(=O)NCC#N)[C@H](C(=O)N2CCOCC2)C1. The molecule has 1 aliphatic carbocycles. The van der Waals surface area contributed by atoms with E-state index in [1.165, 1.54) is 12.1 Å². The van der Waals surface area contributed by atoms with Gasteiger partial charge in [0.2, 0.25) is 11.8 Å². The van der Waals surface area contributed by atoms with Crippen molar-refractivity contribution < 1.29 is 22.7 Å². The third-order valence-electron chi connectivity index (χ3n) is 5.72. The van der Waals surface area contributed by atoms with E-state index < -0.39 is 32.8 Å². The van der Waals surface area contributed by atoms with E-state index in [1.54, 1.807) is 17.9 Å². The summed E-state index contributed by atoms with van der Waals surface area (Å²) in [5, 5.41) is 10.8. The van der Waals surface area contributed by atoms with E-state index in [-0.39, 0.29) is 30.2 Å². The molecule has 0 radical (unpaired) electrons. The standard InChI is InChI=1S/C20H24ClN3O5S/c1-13-10-14(21)2-3-18(13)30(27,28)15-11-16(19(25)23-5-4-22)17(12-15)20(26)24-6-8-29-9-7-24/h2-3,10,15-17H,5-9,11-12H2,1H3,(H,23,25)/t15-,16-,17-/m1/s1. The fourth-order valence-corrected chi connectivity index (χ4v) is 6.47. The van der Waals surface area contributed by atoms with E-state index in [2.05, 4.69) is 5.32 Å². The van der Waals surface area contributed by atoms with Crippen LogP contribution in [-0.4, -0.2) is 63.2 Å². The van der Waals surface area contributed by atoms with Gasteiger partial charge in [0.15, 0.2) is 9.84 Å². The predicted octanol–water partition coefficient (Wildman–Crippen LogP) is 1.32. The van der Waals surface area contributed by atoms with Crippen LogP contribution in [0.4, 0.5) is 0 Å². The topological polar surface area (TPSA) is 117 Å². The van der Waals surface area contributed by atoms with Gasteiger partial charge in [0.05, 0.1) is 41.3 Å². The number of nitriles is 1. The molecule has 30 heavy (non-hydrogen) atoms. The molecule has 162 valence electrons. The third kappa shape index (κ3) is 4.61. The highest BCUT2D eigenvalue weighted by Gasteiger charge is 2.48. The quantitative estimate of drug-likeness (QED) is 0.672. The van der Waals surface area contributed by atoms with Crippen LogP contribution in [0.1, 0.15) is 18.4 Å². The van der Waals surface area contributed by atoms with Gasteiger partial charge >= 0.3 is 0 Å². The molecule has 10 heteroatoms. The minimum atomic E-state index is -3.77. The lowest BCUT2D eigenvalue weighted by molar-refractivity contribution is -0.144. The average Bonchev–Trinajstić information content (AvgIpc) is 3.18. The van der Waals surface area contributed by atoms with Crippen LogP contribution in [0, 0.1) is 30.1 Å². The molecular weight excluding hydrogens is 430 g/mol. The summed E-state index contributed by atoms with van der Waals surface area (Å²) in [5.41, 5.74) is 0.524. The van der Waals surface area contributed by atoms with Crippen molar-refractivity contribution in [1.29, 1.82) is 5.26 Å². The summed E-state index contributed by atoms with van der Waals surface area (Å²) < 4.78 is 31.9. The van der Waals surface area contributed by atoms with Crippen LogP contribution in [0.5, 0.6) is 0 Å². The largest absolute Gasteiger partial charge is 0.378 e. The van der Waals surface area contributed by atoms with Gasteiger partial charge in [-0.3, -0.25) is 9.59 Å². The number of amides is 2. The molecule has 2 fully saturated rings. The van der Waals surface area contributed by atoms with Crippen LogP contribution in [0.25, 0.3) is 0 Å². The molecule has 0 aromatic heterocycles. The summed E-state index contributed by atoms with van der Waals surface area (Å²) in [5.74, 6) is -2.26. The number of nitrogens with zero attached hydrogens (tertiary/aromatic N) is 2. The number of sulfone groups is 1. The molecule has 8 nitrogen and oxygen atoms in total. The summed E-state index contributed by atoms with van der Waals surface area (Å²) in [6.45, 7) is 3.12. The van der Waals surface area contributed by atoms with Crippen molar-refractivity contribution in [3.8, 4) is 6.07 Å². The third-order valence-corrected chi connectivity index (χ3v) is 8.29. The van der Waals surface area contributed by atoms with Crippen LogP contribution < -0.4 is 5.32 Å². The van der Waals surface area contributed by atoms with Gasteiger partial charge in [0.25, 0.3) is 0 Å². The zero-order valence-corrected chi connectivity index (χ0v) is 18.2. The Labute approximate surface area is 181 Å².